The molecule has 58 heavy (non-hydrogen) atoms. The quantitative estimate of drug-likeness (QED) is 0.181. The van der Waals surface area contributed by atoms with Gasteiger partial charge in [-0.3, -0.25) is 4.98 Å². The minimum absolute atomic E-state index is 0.175. The number of hydrogen-bond donors (Lipinski definition) is 0. The Morgan fingerprint density at radius 3 is 1.52 bits per heavy atom. The van der Waals surface area contributed by atoms with Crippen LogP contribution in [0.25, 0.3) is 88.4 Å². The molecule has 274 valence electrons. The van der Waals surface area contributed by atoms with Gasteiger partial charge in [0.05, 0.1) is 51.3 Å². The van der Waals surface area contributed by atoms with Gasteiger partial charge < -0.3 is 9.13 Å². The zero-order valence-electron chi connectivity index (χ0n) is 32.8. The lowest BCUT2D eigenvalue weighted by Crippen LogP contribution is -2.15. The summed E-state index contributed by atoms with van der Waals surface area (Å²) in [5.41, 5.74) is 19.5. The van der Waals surface area contributed by atoms with Gasteiger partial charge in [0.2, 0.25) is 0 Å². The zero-order chi connectivity index (χ0) is 39.1. The van der Waals surface area contributed by atoms with Gasteiger partial charge in [-0.25, -0.2) is 0 Å². The number of benzene rings is 7. The Bertz CT molecular complexity index is 3470. The highest BCUT2D eigenvalue weighted by Crippen LogP contribution is 2.55. The van der Waals surface area contributed by atoms with Gasteiger partial charge in [0, 0.05) is 49.7 Å². The molecule has 0 amide bonds. The van der Waals surface area contributed by atoms with Crippen molar-refractivity contribution in [3.8, 4) is 50.8 Å². The fraction of sp³-hybridized carbons (Fsp3) is 0.111. The van der Waals surface area contributed by atoms with Gasteiger partial charge in [-0.05, 0) is 87.0 Å². The second-order valence-electron chi connectivity index (χ2n) is 17.0. The summed E-state index contributed by atoms with van der Waals surface area (Å²) >= 11 is 0. The van der Waals surface area contributed by atoms with Crippen LogP contribution < -0.4 is 0 Å². The van der Waals surface area contributed by atoms with E-state index < -0.39 is 0 Å². The fourth-order valence-corrected chi connectivity index (χ4v) is 11.0. The maximum absolute atomic E-state index is 10.4. The highest BCUT2D eigenvalue weighted by molar-refractivity contribution is 6.16. The largest absolute Gasteiger partial charge is 0.309 e. The van der Waals surface area contributed by atoms with Crippen LogP contribution in [0.15, 0.2) is 158 Å². The smallest absolute Gasteiger partial charge is 0.0992 e. The number of nitriles is 1. The predicted octanol–water partition coefficient (Wildman–Crippen LogP) is 13.4. The molecule has 2 aliphatic rings. The third-order valence-electron chi connectivity index (χ3n) is 13.4. The van der Waals surface area contributed by atoms with E-state index in [-0.39, 0.29) is 10.8 Å². The number of para-hydroxylation sites is 2. The van der Waals surface area contributed by atoms with Crippen LogP contribution in [0.4, 0.5) is 0 Å². The first-order valence-electron chi connectivity index (χ1n) is 20.1. The van der Waals surface area contributed by atoms with E-state index in [4.69, 9.17) is 4.98 Å². The lowest BCUT2D eigenvalue weighted by molar-refractivity contribution is 0.666. The molecule has 3 aromatic heterocycles. The number of rotatable bonds is 3. The number of fused-ring (bicyclic) bond motifs is 14. The van der Waals surface area contributed by atoms with Crippen LogP contribution in [0.1, 0.15) is 55.5 Å². The van der Waals surface area contributed by atoms with E-state index in [1.165, 1.54) is 66.1 Å². The normalized spacial score (nSPS) is 14.5. The van der Waals surface area contributed by atoms with Gasteiger partial charge in [-0.1, -0.05) is 131 Å². The van der Waals surface area contributed by atoms with Crippen molar-refractivity contribution >= 4 is 43.6 Å². The second kappa shape index (κ2) is 11.4. The van der Waals surface area contributed by atoms with Crippen LogP contribution in [0.2, 0.25) is 0 Å². The Balaban J connectivity index is 1.16. The maximum atomic E-state index is 10.4. The highest BCUT2D eigenvalue weighted by Gasteiger charge is 2.39. The van der Waals surface area contributed by atoms with Crippen molar-refractivity contribution in [3.05, 3.63) is 186 Å². The lowest BCUT2D eigenvalue weighted by Gasteiger charge is -2.23. The molecule has 0 unspecified atom stereocenters. The Morgan fingerprint density at radius 1 is 0.466 bits per heavy atom. The predicted molar refractivity (Wildman–Crippen MR) is 238 cm³/mol. The van der Waals surface area contributed by atoms with E-state index >= 15 is 0 Å². The molecule has 0 aliphatic heterocycles. The number of hydrogen-bond acceptors (Lipinski definition) is 2. The Hall–Kier alpha value is -7.22. The Morgan fingerprint density at radius 2 is 0.948 bits per heavy atom. The first kappa shape index (κ1) is 33.0. The molecule has 0 radical (unpaired) electrons. The van der Waals surface area contributed by atoms with E-state index in [1.807, 2.05) is 18.5 Å². The van der Waals surface area contributed by atoms with Crippen LogP contribution in [0.3, 0.4) is 0 Å². The van der Waals surface area contributed by atoms with E-state index in [1.54, 1.807) is 0 Å². The molecule has 0 bridgehead atoms. The third kappa shape index (κ3) is 4.10. The highest BCUT2D eigenvalue weighted by atomic mass is 15.0. The monoisotopic (exact) mass is 742 g/mol. The third-order valence-corrected chi connectivity index (χ3v) is 13.4. The molecule has 0 N–H and O–H groups in total. The Labute approximate surface area is 336 Å². The molecule has 0 atom stereocenters. The number of nitrogens with zero attached hydrogens (tertiary/aromatic N) is 4. The summed E-state index contributed by atoms with van der Waals surface area (Å²) in [5.74, 6) is 0. The summed E-state index contributed by atoms with van der Waals surface area (Å²) in [6.45, 7) is 9.44. The zero-order valence-corrected chi connectivity index (χ0v) is 32.8. The van der Waals surface area contributed by atoms with Crippen LogP contribution in [0.5, 0.6) is 0 Å². The van der Waals surface area contributed by atoms with E-state index in [0.717, 1.165) is 44.6 Å². The molecule has 0 saturated carbocycles. The molecule has 0 spiro atoms. The molecule has 7 aromatic carbocycles. The van der Waals surface area contributed by atoms with Crippen molar-refractivity contribution in [2.24, 2.45) is 0 Å². The van der Waals surface area contributed by atoms with Crippen molar-refractivity contribution < 1.29 is 0 Å². The molecule has 4 nitrogen and oxygen atoms in total. The molecule has 3 heterocycles. The van der Waals surface area contributed by atoms with Crippen LogP contribution >= 0.6 is 0 Å². The summed E-state index contributed by atoms with van der Waals surface area (Å²) in [4.78, 5) is 4.79. The SMILES string of the molecule is CC1(C)c2ccccc2-c2ccc3c(c21)c1ccccc1n3-c1cnccc1-c1ccc(C#N)cc1-n1c2ccccc2c2c3c(ccc21)-c1ccccc1C3(C)C. The standard InChI is InChI=1S/C54H38N4/c1-53(2)41-17-9-5-13-33(41)37-23-25-45-49(51(37)53)39-15-7-11-19-43(39)57(45)47-29-32(30-55)21-22-35(47)36-27-28-56-31-48(36)58-44-20-12-8-16-40(44)50-46(58)26-24-38-34-14-6-10-18-42(34)54(3,4)52(38)50/h5-29,31H,1-4H3. The average molecular weight is 743 g/mol. The summed E-state index contributed by atoms with van der Waals surface area (Å²) in [5, 5.41) is 15.4. The van der Waals surface area contributed by atoms with Crippen LogP contribution in [-0.4, -0.2) is 14.1 Å². The minimum atomic E-state index is -0.192. The molecular formula is C54H38N4. The molecule has 0 saturated heterocycles. The van der Waals surface area contributed by atoms with Crippen molar-refractivity contribution in [1.82, 2.24) is 14.1 Å². The lowest BCUT2D eigenvalue weighted by atomic mass is 9.80. The molecular weight excluding hydrogens is 705 g/mol. The number of pyridine rings is 1. The van der Waals surface area contributed by atoms with Gasteiger partial charge in [-0.2, -0.15) is 5.26 Å². The van der Waals surface area contributed by atoms with Crippen molar-refractivity contribution in [2.45, 2.75) is 38.5 Å². The van der Waals surface area contributed by atoms with Gasteiger partial charge >= 0.3 is 0 Å². The topological polar surface area (TPSA) is 46.5 Å². The van der Waals surface area contributed by atoms with E-state index in [2.05, 4.69) is 182 Å². The van der Waals surface area contributed by atoms with Crippen LogP contribution in [-0.2, 0) is 10.8 Å². The molecule has 10 aromatic rings. The summed E-state index contributed by atoms with van der Waals surface area (Å²) in [6.07, 6.45) is 3.90. The van der Waals surface area contributed by atoms with Gasteiger partial charge in [0.25, 0.3) is 0 Å². The van der Waals surface area contributed by atoms with Crippen molar-refractivity contribution in [1.29, 1.82) is 5.26 Å². The van der Waals surface area contributed by atoms with E-state index in [9.17, 15) is 5.26 Å². The summed E-state index contributed by atoms with van der Waals surface area (Å²) in [6, 6.07) is 55.2. The summed E-state index contributed by atoms with van der Waals surface area (Å²) < 4.78 is 4.80. The number of aromatic nitrogens is 3. The summed E-state index contributed by atoms with van der Waals surface area (Å²) in [7, 11) is 0. The molecule has 0 fully saturated rings. The van der Waals surface area contributed by atoms with Crippen molar-refractivity contribution in [3.63, 3.8) is 0 Å². The fourth-order valence-electron chi connectivity index (χ4n) is 11.0. The minimum Gasteiger partial charge on any atom is -0.309 e. The molecule has 2 aliphatic carbocycles. The second-order valence-corrected chi connectivity index (χ2v) is 17.0. The molecule has 4 heteroatoms. The van der Waals surface area contributed by atoms with Gasteiger partial charge in [0.1, 0.15) is 0 Å². The first-order chi connectivity index (χ1) is 28.3. The first-order valence-corrected chi connectivity index (χ1v) is 20.1. The van der Waals surface area contributed by atoms with E-state index in [0.29, 0.717) is 5.56 Å². The van der Waals surface area contributed by atoms with Gasteiger partial charge in [-0.15, -0.1) is 0 Å². The van der Waals surface area contributed by atoms with Crippen LogP contribution in [0, 0.1) is 11.3 Å². The average Bonchev–Trinajstić information content (AvgIpc) is 3.92. The molecule has 12 rings (SSSR count). The Kier molecular flexibility index (Phi) is 6.50. The van der Waals surface area contributed by atoms with Gasteiger partial charge in [0.15, 0.2) is 0 Å². The van der Waals surface area contributed by atoms with Crippen molar-refractivity contribution in [2.75, 3.05) is 0 Å². The maximum Gasteiger partial charge on any atom is 0.0992 e.